The van der Waals surface area contributed by atoms with Gasteiger partial charge in [-0.15, -0.1) is 0 Å². The van der Waals surface area contributed by atoms with Gasteiger partial charge in [-0.1, -0.05) is 15.9 Å². The topological polar surface area (TPSA) is 147 Å². The van der Waals surface area contributed by atoms with Crippen LogP contribution in [-0.4, -0.2) is 63.5 Å². The number of benzene rings is 2. The summed E-state index contributed by atoms with van der Waals surface area (Å²) in [6.07, 6.45) is -3.25. The van der Waals surface area contributed by atoms with Gasteiger partial charge in [0, 0.05) is 16.1 Å². The van der Waals surface area contributed by atoms with Crippen molar-refractivity contribution in [2.45, 2.75) is 30.7 Å². The minimum absolute atomic E-state index is 0.161. The Kier molecular flexibility index (Phi) is 7.27. The van der Waals surface area contributed by atoms with Crippen LogP contribution in [0.2, 0.25) is 0 Å². The average Bonchev–Trinajstić information content (AvgIpc) is 2.84. The molecular formula is C24H21BrO9. The Labute approximate surface area is 201 Å². The number of rotatable bonds is 6. The van der Waals surface area contributed by atoms with Crippen molar-refractivity contribution in [3.63, 3.8) is 0 Å². The number of hydrogen-bond acceptors (Lipinski definition) is 9. The van der Waals surface area contributed by atoms with Gasteiger partial charge in [0.25, 0.3) is 0 Å². The van der Waals surface area contributed by atoms with Crippen LogP contribution in [0.25, 0.3) is 17.0 Å². The number of aliphatic hydroxyl groups is 4. The maximum atomic E-state index is 12.8. The van der Waals surface area contributed by atoms with Crippen LogP contribution in [0.4, 0.5) is 0 Å². The zero-order valence-electron chi connectivity index (χ0n) is 17.6. The largest absolute Gasteiger partial charge is 0.463 e. The van der Waals surface area contributed by atoms with E-state index < -0.39 is 37.3 Å². The fourth-order valence-corrected chi connectivity index (χ4v) is 3.75. The zero-order valence-corrected chi connectivity index (χ0v) is 19.2. The van der Waals surface area contributed by atoms with Crippen molar-refractivity contribution >= 4 is 38.8 Å². The number of ketones is 1. The second-order valence-electron chi connectivity index (χ2n) is 7.70. The molecule has 0 saturated carbocycles. The number of allylic oxidation sites excluding steroid dienone is 1. The molecule has 3 aromatic rings. The highest BCUT2D eigenvalue weighted by atomic mass is 79.9. The molecule has 2 heterocycles. The van der Waals surface area contributed by atoms with Crippen LogP contribution in [0, 0.1) is 0 Å². The summed E-state index contributed by atoms with van der Waals surface area (Å²) in [7, 11) is 0. The highest BCUT2D eigenvalue weighted by Gasteiger charge is 2.44. The smallest absolute Gasteiger partial charge is 0.229 e. The molecule has 0 bridgehead atoms. The van der Waals surface area contributed by atoms with Crippen molar-refractivity contribution in [2.24, 2.45) is 0 Å². The number of aliphatic hydroxyl groups excluding tert-OH is 4. The van der Waals surface area contributed by atoms with E-state index >= 15 is 0 Å². The summed E-state index contributed by atoms with van der Waals surface area (Å²) in [5.41, 5.74) is 0.476. The third-order valence-corrected chi connectivity index (χ3v) is 5.95. The van der Waals surface area contributed by atoms with Crippen molar-refractivity contribution in [3.05, 3.63) is 80.6 Å². The highest BCUT2D eigenvalue weighted by Crippen LogP contribution is 2.26. The lowest BCUT2D eigenvalue weighted by atomic mass is 9.99. The maximum Gasteiger partial charge on any atom is 0.229 e. The summed E-state index contributed by atoms with van der Waals surface area (Å²) >= 11 is 3.31. The van der Waals surface area contributed by atoms with E-state index in [-0.39, 0.29) is 33.5 Å². The minimum atomic E-state index is -1.58. The van der Waals surface area contributed by atoms with E-state index in [1.807, 2.05) is 0 Å². The molecule has 34 heavy (non-hydrogen) atoms. The van der Waals surface area contributed by atoms with E-state index in [0.29, 0.717) is 5.56 Å². The molecule has 1 aromatic heterocycles. The van der Waals surface area contributed by atoms with Gasteiger partial charge in [0.2, 0.25) is 6.29 Å². The molecule has 9 nitrogen and oxygen atoms in total. The lowest BCUT2D eigenvalue weighted by Crippen LogP contribution is -2.60. The fraction of sp³-hybridized carbons (Fsp3) is 0.250. The lowest BCUT2D eigenvalue weighted by Gasteiger charge is -2.39. The first kappa shape index (κ1) is 24.3. The van der Waals surface area contributed by atoms with E-state index in [4.69, 9.17) is 13.9 Å². The quantitative estimate of drug-likeness (QED) is 0.274. The summed E-state index contributed by atoms with van der Waals surface area (Å²) in [6, 6.07) is 11.1. The molecule has 10 heteroatoms. The molecular weight excluding hydrogens is 512 g/mol. The molecule has 0 unspecified atom stereocenters. The number of carbonyl (C=O) groups is 1. The van der Waals surface area contributed by atoms with Crippen LogP contribution >= 0.6 is 15.9 Å². The van der Waals surface area contributed by atoms with Crippen molar-refractivity contribution in [1.29, 1.82) is 0 Å². The van der Waals surface area contributed by atoms with E-state index in [2.05, 4.69) is 15.9 Å². The van der Waals surface area contributed by atoms with E-state index in [1.54, 1.807) is 24.3 Å². The van der Waals surface area contributed by atoms with Crippen LogP contribution in [0.5, 0.6) is 5.75 Å². The molecule has 1 aliphatic heterocycles. The van der Waals surface area contributed by atoms with Gasteiger partial charge in [0.05, 0.1) is 17.6 Å². The zero-order chi connectivity index (χ0) is 24.4. The van der Waals surface area contributed by atoms with Gasteiger partial charge in [-0.25, -0.2) is 0 Å². The Balaban J connectivity index is 1.53. The second-order valence-corrected chi connectivity index (χ2v) is 8.61. The van der Waals surface area contributed by atoms with Gasteiger partial charge in [0.1, 0.15) is 42.0 Å². The van der Waals surface area contributed by atoms with Crippen LogP contribution in [0.3, 0.4) is 0 Å². The van der Waals surface area contributed by atoms with Gasteiger partial charge in [-0.2, -0.15) is 0 Å². The molecule has 0 aliphatic carbocycles. The summed E-state index contributed by atoms with van der Waals surface area (Å²) in [5.74, 6) is -0.107. The molecule has 4 rings (SSSR count). The first-order chi connectivity index (χ1) is 16.3. The summed E-state index contributed by atoms with van der Waals surface area (Å²) in [6.45, 7) is -0.585. The van der Waals surface area contributed by atoms with Gasteiger partial charge in [0.15, 0.2) is 11.2 Å². The van der Waals surface area contributed by atoms with E-state index in [0.717, 1.165) is 4.47 Å². The molecule has 2 aromatic carbocycles. The monoisotopic (exact) mass is 532 g/mol. The Morgan fingerprint density at radius 1 is 1.06 bits per heavy atom. The minimum Gasteiger partial charge on any atom is -0.463 e. The normalized spacial score (nSPS) is 25.0. The number of halogens is 1. The molecule has 1 saturated heterocycles. The van der Waals surface area contributed by atoms with Crippen LogP contribution in [0.1, 0.15) is 15.9 Å². The van der Waals surface area contributed by atoms with E-state index in [9.17, 15) is 30.0 Å². The first-order valence-electron chi connectivity index (χ1n) is 10.3. The third-order valence-electron chi connectivity index (χ3n) is 5.42. The molecule has 1 fully saturated rings. The number of ether oxygens (including phenoxy) is 2. The first-order valence-corrected chi connectivity index (χ1v) is 11.1. The maximum absolute atomic E-state index is 12.8. The van der Waals surface area contributed by atoms with Gasteiger partial charge in [-0.3, -0.25) is 9.59 Å². The average molecular weight is 533 g/mol. The predicted molar refractivity (Wildman–Crippen MR) is 124 cm³/mol. The Morgan fingerprint density at radius 3 is 2.50 bits per heavy atom. The molecule has 0 radical (unpaired) electrons. The fourth-order valence-electron chi connectivity index (χ4n) is 3.49. The van der Waals surface area contributed by atoms with E-state index in [1.165, 1.54) is 36.6 Å². The van der Waals surface area contributed by atoms with Crippen LogP contribution in [0.15, 0.2) is 68.5 Å². The number of hydrogen-bond donors (Lipinski definition) is 4. The summed E-state index contributed by atoms with van der Waals surface area (Å²) in [5, 5.41) is 39.4. The van der Waals surface area contributed by atoms with Crippen molar-refractivity contribution in [3.8, 4) is 5.75 Å². The molecule has 0 amide bonds. The molecule has 1 aliphatic rings. The SMILES string of the molecule is O=C(/C=C/c1coc2cc(O[C@@H]3O[C@H](CO)[C@@H](O)[C@H](O)[C@H]3O)ccc2c1=O)c1ccc(Br)cc1. The van der Waals surface area contributed by atoms with Crippen LogP contribution < -0.4 is 10.2 Å². The van der Waals surface area contributed by atoms with Crippen molar-refractivity contribution in [1.82, 2.24) is 0 Å². The Morgan fingerprint density at radius 2 is 1.79 bits per heavy atom. The molecule has 5 atom stereocenters. The predicted octanol–water partition coefficient (Wildman–Crippen LogP) is 1.63. The van der Waals surface area contributed by atoms with Gasteiger partial charge >= 0.3 is 0 Å². The van der Waals surface area contributed by atoms with Crippen molar-refractivity contribution < 1.29 is 39.1 Å². The van der Waals surface area contributed by atoms with Gasteiger partial charge in [-0.05, 0) is 48.6 Å². The molecule has 178 valence electrons. The Hall–Kier alpha value is -2.86. The molecule has 0 spiro atoms. The third kappa shape index (κ3) is 4.97. The number of carbonyl (C=O) groups excluding carboxylic acids is 1. The summed E-state index contributed by atoms with van der Waals surface area (Å²) in [4.78, 5) is 25.1. The van der Waals surface area contributed by atoms with Gasteiger partial charge < -0.3 is 34.3 Å². The second kappa shape index (κ2) is 10.2. The van der Waals surface area contributed by atoms with Crippen LogP contribution in [-0.2, 0) is 4.74 Å². The lowest BCUT2D eigenvalue weighted by molar-refractivity contribution is -0.277. The number of fused-ring (bicyclic) bond motifs is 1. The standard InChI is InChI=1S/C24H21BrO9/c25-14-4-1-12(2-5-14)17(27)8-3-13-11-32-18-9-15(6-7-16(18)20(13)28)33-24-23(31)22(30)21(29)19(10-26)34-24/h1-9,11,19,21-24,26,29-31H,10H2/b8-3+/t19-,21-,22+,23-,24-/m1/s1. The summed E-state index contributed by atoms with van der Waals surface area (Å²) < 4.78 is 17.3. The highest BCUT2D eigenvalue weighted by molar-refractivity contribution is 9.10. The van der Waals surface area contributed by atoms with Crippen molar-refractivity contribution in [2.75, 3.05) is 6.61 Å². The Bertz CT molecular complexity index is 1270. The molecule has 4 N–H and O–H groups in total.